The van der Waals surface area contributed by atoms with Crippen LogP contribution < -0.4 is 0 Å². The molecular formula is C44H112O4Si8. The van der Waals surface area contributed by atoms with Crippen molar-refractivity contribution in [1.82, 2.24) is 0 Å². The van der Waals surface area contributed by atoms with Gasteiger partial charge in [0.2, 0.25) is 0 Å². The van der Waals surface area contributed by atoms with E-state index in [2.05, 4.69) is 240 Å². The molecule has 0 heterocycles. The van der Waals surface area contributed by atoms with Crippen LogP contribution in [-0.2, 0) is 17.7 Å². The van der Waals surface area contributed by atoms with E-state index in [1.165, 1.54) is 0 Å². The van der Waals surface area contributed by atoms with Crippen molar-refractivity contribution in [2.45, 2.75) is 279 Å². The molecule has 0 aromatic heterocycles. The smallest absolute Gasteiger partial charge is 0.184 e. The molecule has 0 aliphatic carbocycles. The van der Waals surface area contributed by atoms with E-state index >= 15 is 0 Å². The second kappa shape index (κ2) is 21.8. The number of hydrogen-bond acceptors (Lipinski definition) is 4. The molecule has 0 fully saturated rings. The van der Waals surface area contributed by atoms with E-state index in [1.54, 1.807) is 0 Å². The molecule has 344 valence electrons. The van der Waals surface area contributed by atoms with Crippen molar-refractivity contribution in [1.29, 1.82) is 0 Å². The Hall–Kier alpha value is 1.58. The average molecular weight is 930 g/mol. The Balaban J connectivity index is -0.000000325. The van der Waals surface area contributed by atoms with Crippen LogP contribution in [0.3, 0.4) is 0 Å². The van der Waals surface area contributed by atoms with Crippen LogP contribution in [0.4, 0.5) is 0 Å². The zero-order valence-corrected chi connectivity index (χ0v) is 53.9. The minimum atomic E-state index is -1.45. The summed E-state index contributed by atoms with van der Waals surface area (Å²) in [4.78, 5) is 0. The molecule has 0 bridgehead atoms. The van der Waals surface area contributed by atoms with Crippen molar-refractivity contribution < 1.29 is 17.7 Å². The fraction of sp³-hybridized carbons (Fsp3) is 1.00. The third-order valence-electron chi connectivity index (χ3n) is 13.7. The summed E-state index contributed by atoms with van der Waals surface area (Å²) >= 11 is 0. The van der Waals surface area contributed by atoms with Gasteiger partial charge in [0.1, 0.15) is 0 Å². The molecule has 56 heavy (non-hydrogen) atoms. The minimum absolute atomic E-state index is 0.220. The Bertz CT molecular complexity index is 1050. The molecule has 12 heteroatoms. The maximum absolute atomic E-state index is 6.35. The molecule has 4 atom stereocenters. The number of hydrogen-bond donors (Lipinski definition) is 0. The maximum atomic E-state index is 6.35. The van der Waals surface area contributed by atoms with Gasteiger partial charge < -0.3 is 17.7 Å². The van der Waals surface area contributed by atoms with Gasteiger partial charge in [-0.3, -0.25) is 0 Å². The van der Waals surface area contributed by atoms with Gasteiger partial charge in [-0.05, 0) is 127 Å². The highest BCUT2D eigenvalue weighted by atomic mass is 28.4. The summed E-state index contributed by atoms with van der Waals surface area (Å²) in [7, 11) is -10.1. The Morgan fingerprint density at radius 1 is 0.304 bits per heavy atom. The second-order valence-corrected chi connectivity index (χ2v) is 68.1. The van der Waals surface area contributed by atoms with Crippen LogP contribution in [0.5, 0.6) is 0 Å². The van der Waals surface area contributed by atoms with Crippen LogP contribution in [0.1, 0.15) is 83.1 Å². The molecule has 0 saturated carbocycles. The Kier molecular flexibility index (Phi) is 25.0. The predicted molar refractivity (Wildman–Crippen MR) is 285 cm³/mol. The Morgan fingerprint density at radius 3 is 0.661 bits per heavy atom. The quantitative estimate of drug-likeness (QED) is 0.145. The van der Waals surface area contributed by atoms with Crippen LogP contribution >= 0.6 is 0 Å². The summed E-state index contributed by atoms with van der Waals surface area (Å²) in [5.74, 6) is 0. The molecule has 0 aromatic rings. The average Bonchev–Trinajstić information content (AvgIpc) is 2.83. The highest BCUT2D eigenvalue weighted by molar-refractivity contribution is 6.80. The molecule has 0 saturated heterocycles. The summed E-state index contributed by atoms with van der Waals surface area (Å²) in [5, 5.41) is 1.07. The summed E-state index contributed by atoms with van der Waals surface area (Å²) in [6.45, 7) is 84.3. The van der Waals surface area contributed by atoms with E-state index in [0.717, 1.165) is 0 Å². The molecule has 0 aliphatic heterocycles. The van der Waals surface area contributed by atoms with Gasteiger partial charge in [-0.1, -0.05) is 134 Å². The fourth-order valence-electron chi connectivity index (χ4n) is 5.43. The van der Waals surface area contributed by atoms with E-state index < -0.39 is 65.6 Å². The SMILES string of the molecule is CC(O[Si](C)(C)C)C(C)(C)C(C)(C)[Si](C)(C)C.CC(O[Si](C)(C)C)C(C)(C)[Si](C)(C)C.CC(O[Si](C)(C)C)C(C)(C)[Si](C)(C)C.CC(O[Si](C)(C)C)[Si](C)(C)C. The van der Waals surface area contributed by atoms with E-state index in [-0.39, 0.29) is 5.41 Å². The summed E-state index contributed by atoms with van der Waals surface area (Å²) < 4.78 is 24.8. The van der Waals surface area contributed by atoms with Crippen molar-refractivity contribution in [3.05, 3.63) is 0 Å². The van der Waals surface area contributed by atoms with Gasteiger partial charge in [-0.25, -0.2) is 0 Å². The van der Waals surface area contributed by atoms with Crippen LogP contribution in [0.2, 0.25) is 172 Å². The lowest BCUT2D eigenvalue weighted by atomic mass is 9.76. The number of rotatable bonds is 16. The van der Waals surface area contributed by atoms with E-state index in [1.807, 2.05) is 0 Å². The second-order valence-electron chi connectivity index (χ2n) is 27.4. The largest absolute Gasteiger partial charge is 0.418 e. The van der Waals surface area contributed by atoms with Crippen molar-refractivity contribution in [2.75, 3.05) is 0 Å². The monoisotopic (exact) mass is 929 g/mol. The highest BCUT2D eigenvalue weighted by Gasteiger charge is 2.50. The van der Waals surface area contributed by atoms with E-state index in [9.17, 15) is 0 Å². The summed E-state index contributed by atoms with van der Waals surface area (Å²) in [5.41, 5.74) is 0.728. The molecule has 4 unspecified atom stereocenters. The fourth-order valence-corrected chi connectivity index (χ4v) is 18.0. The highest BCUT2D eigenvalue weighted by Crippen LogP contribution is 2.55. The van der Waals surface area contributed by atoms with E-state index in [4.69, 9.17) is 17.7 Å². The first-order valence-electron chi connectivity index (χ1n) is 22.2. The van der Waals surface area contributed by atoms with Gasteiger partial charge in [0.15, 0.2) is 33.3 Å². The minimum Gasteiger partial charge on any atom is -0.418 e. The molecule has 4 nitrogen and oxygen atoms in total. The molecule has 0 N–H and O–H groups in total. The maximum Gasteiger partial charge on any atom is 0.184 e. The molecule has 0 radical (unpaired) electrons. The van der Waals surface area contributed by atoms with Gasteiger partial charge >= 0.3 is 0 Å². The molecule has 0 rings (SSSR count). The predicted octanol–water partition coefficient (Wildman–Crippen LogP) is 17.2. The van der Waals surface area contributed by atoms with Gasteiger partial charge in [0.25, 0.3) is 0 Å². The first-order chi connectivity index (χ1) is 23.5. The van der Waals surface area contributed by atoms with Crippen LogP contribution in [-0.4, -0.2) is 89.6 Å². The molecule has 0 spiro atoms. The molecule has 0 aliphatic rings. The van der Waals surface area contributed by atoms with Crippen molar-refractivity contribution >= 4 is 65.6 Å². The molecule has 0 aromatic carbocycles. The van der Waals surface area contributed by atoms with Crippen molar-refractivity contribution in [3.63, 3.8) is 0 Å². The normalized spacial score (nSPS) is 16.9. The standard InChI is InChI=1S/C14H34OSi2.2C11H28OSi2.C8H22OSi2/c1-12(15-17(9,10)11)13(2,3)14(4,5)16(6,7)8;2*1-10(12-14(7,8)9)11(2,3)13(4,5)6;1-8(10(2,3)4)9-11(5,6)7/h12H,1-11H3;2*10H,1-9H3;8H,1-7H3. The molecular weight excluding hydrogens is 817 g/mol. The lowest BCUT2D eigenvalue weighted by Gasteiger charge is -2.53. The summed E-state index contributed by atoms with van der Waals surface area (Å²) in [6.07, 6.45) is 1.11. The first kappa shape index (κ1) is 64.2. The van der Waals surface area contributed by atoms with Gasteiger partial charge in [0, 0.05) is 24.0 Å². The topological polar surface area (TPSA) is 36.9 Å². The van der Waals surface area contributed by atoms with Crippen molar-refractivity contribution in [3.8, 4) is 0 Å². The Morgan fingerprint density at radius 2 is 0.518 bits per heavy atom. The third-order valence-corrected chi connectivity index (χ3v) is 33.7. The molecule has 0 amide bonds. The lowest BCUT2D eigenvalue weighted by molar-refractivity contribution is 0.0494. The lowest BCUT2D eigenvalue weighted by Crippen LogP contribution is -2.52. The van der Waals surface area contributed by atoms with Crippen LogP contribution in [0.25, 0.3) is 0 Å². The van der Waals surface area contributed by atoms with Crippen LogP contribution in [0.15, 0.2) is 0 Å². The van der Waals surface area contributed by atoms with Crippen molar-refractivity contribution in [2.24, 2.45) is 5.41 Å². The van der Waals surface area contributed by atoms with E-state index in [0.29, 0.717) is 39.2 Å². The Labute approximate surface area is 365 Å². The van der Waals surface area contributed by atoms with Gasteiger partial charge in [-0.2, -0.15) is 0 Å². The van der Waals surface area contributed by atoms with Crippen LogP contribution in [0, 0.1) is 5.41 Å². The van der Waals surface area contributed by atoms with Gasteiger partial charge in [-0.15, -0.1) is 0 Å². The third kappa shape index (κ3) is 24.9. The zero-order chi connectivity index (χ0) is 47.1. The van der Waals surface area contributed by atoms with Gasteiger partial charge in [0.05, 0.1) is 32.3 Å². The first-order valence-corrected chi connectivity index (χ1v) is 49.9. The zero-order valence-electron chi connectivity index (χ0n) is 45.9. The summed E-state index contributed by atoms with van der Waals surface area (Å²) in [6, 6.07) is 0.